The first-order chi connectivity index (χ1) is 7.65. The smallest absolute Gasteiger partial charge is 0.172 e. The fraction of sp³-hybridized carbons (Fsp3) is 0.846. The first-order valence-corrected chi connectivity index (χ1v) is 6.30. The van der Waals surface area contributed by atoms with Gasteiger partial charge in [-0.05, 0) is 19.3 Å². The van der Waals surface area contributed by atoms with Gasteiger partial charge in [0, 0.05) is 18.3 Å². The van der Waals surface area contributed by atoms with Gasteiger partial charge >= 0.3 is 0 Å². The lowest BCUT2D eigenvalue weighted by atomic mass is 9.63. The maximum absolute atomic E-state index is 10.2. The lowest BCUT2D eigenvalue weighted by molar-refractivity contribution is -0.183. The summed E-state index contributed by atoms with van der Waals surface area (Å²) in [6.07, 6.45) is 6.72. The molecule has 0 bridgehead atoms. The summed E-state index contributed by atoms with van der Waals surface area (Å²) >= 11 is 0. The molecule has 1 saturated carbocycles. The minimum absolute atomic E-state index is 0.0290. The highest BCUT2D eigenvalue weighted by Crippen LogP contribution is 2.52. The Morgan fingerprint density at radius 1 is 1.31 bits per heavy atom. The summed E-state index contributed by atoms with van der Waals surface area (Å²) in [5.74, 6) is -0.359. The van der Waals surface area contributed by atoms with Gasteiger partial charge in [0.2, 0.25) is 0 Å². The number of hydrogen-bond donors (Lipinski definition) is 1. The second-order valence-electron chi connectivity index (χ2n) is 5.52. The van der Waals surface area contributed by atoms with E-state index in [9.17, 15) is 5.11 Å². The van der Waals surface area contributed by atoms with E-state index in [4.69, 9.17) is 9.47 Å². The van der Waals surface area contributed by atoms with Gasteiger partial charge in [-0.15, -0.1) is 0 Å². The first kappa shape index (κ1) is 10.8. The van der Waals surface area contributed by atoms with Crippen molar-refractivity contribution < 1.29 is 14.6 Å². The number of fused-ring (bicyclic) bond motifs is 1. The number of allylic oxidation sites excluding steroid dienone is 1. The zero-order valence-corrected chi connectivity index (χ0v) is 9.87. The molecule has 0 amide bonds. The van der Waals surface area contributed by atoms with Gasteiger partial charge in [-0.25, -0.2) is 0 Å². The molecule has 1 unspecified atom stereocenters. The molecule has 90 valence electrons. The number of hydrogen-bond acceptors (Lipinski definition) is 3. The molecule has 3 heteroatoms. The monoisotopic (exact) mass is 224 g/mol. The fourth-order valence-corrected chi connectivity index (χ4v) is 3.35. The second-order valence-corrected chi connectivity index (χ2v) is 5.52. The lowest BCUT2D eigenvalue weighted by Gasteiger charge is -2.48. The summed E-state index contributed by atoms with van der Waals surface area (Å²) in [6.45, 7) is 3.61. The van der Waals surface area contributed by atoms with Crippen LogP contribution in [-0.2, 0) is 9.47 Å². The average Bonchev–Trinajstić information content (AvgIpc) is 2.71. The SMILES string of the molecule is CC12CCC3(CC1=CCC[C@@H]2O)OCCO3. The highest BCUT2D eigenvalue weighted by molar-refractivity contribution is 5.24. The van der Waals surface area contributed by atoms with Crippen LogP contribution in [0.1, 0.15) is 39.0 Å². The van der Waals surface area contributed by atoms with E-state index in [0.717, 1.165) is 32.1 Å². The van der Waals surface area contributed by atoms with E-state index >= 15 is 0 Å². The number of rotatable bonds is 0. The minimum Gasteiger partial charge on any atom is -0.392 e. The Labute approximate surface area is 96.4 Å². The Kier molecular flexibility index (Phi) is 2.39. The van der Waals surface area contributed by atoms with Crippen LogP contribution < -0.4 is 0 Å². The van der Waals surface area contributed by atoms with Crippen LogP contribution in [0.5, 0.6) is 0 Å². The third kappa shape index (κ3) is 1.45. The summed E-state index contributed by atoms with van der Waals surface area (Å²) in [7, 11) is 0. The van der Waals surface area contributed by atoms with Crippen LogP contribution in [0.3, 0.4) is 0 Å². The Bertz CT molecular complexity index is 317. The van der Waals surface area contributed by atoms with Gasteiger partial charge < -0.3 is 14.6 Å². The zero-order chi connectivity index (χ0) is 11.2. The summed E-state index contributed by atoms with van der Waals surface area (Å²) in [6, 6.07) is 0. The van der Waals surface area contributed by atoms with Crippen LogP contribution in [0.4, 0.5) is 0 Å². The van der Waals surface area contributed by atoms with E-state index in [0.29, 0.717) is 13.2 Å². The van der Waals surface area contributed by atoms with Crippen LogP contribution in [0.15, 0.2) is 11.6 Å². The molecule has 1 saturated heterocycles. The molecule has 0 aromatic heterocycles. The van der Waals surface area contributed by atoms with Gasteiger partial charge in [0.05, 0.1) is 19.3 Å². The molecule has 3 rings (SSSR count). The molecular weight excluding hydrogens is 204 g/mol. The second kappa shape index (κ2) is 3.56. The number of aliphatic hydroxyl groups excluding tert-OH is 1. The summed E-state index contributed by atoms with van der Waals surface area (Å²) in [4.78, 5) is 0. The Hall–Kier alpha value is -0.380. The molecule has 2 atom stereocenters. The lowest BCUT2D eigenvalue weighted by Crippen LogP contribution is -2.46. The van der Waals surface area contributed by atoms with Crippen molar-refractivity contribution in [3.05, 3.63) is 11.6 Å². The molecule has 0 radical (unpaired) electrons. The van der Waals surface area contributed by atoms with E-state index in [1.54, 1.807) is 0 Å². The average molecular weight is 224 g/mol. The largest absolute Gasteiger partial charge is 0.392 e. The normalized spacial score (nSPS) is 41.9. The highest BCUT2D eigenvalue weighted by Gasteiger charge is 2.50. The molecule has 0 aromatic rings. The topological polar surface area (TPSA) is 38.7 Å². The highest BCUT2D eigenvalue weighted by atomic mass is 16.7. The Morgan fingerprint density at radius 3 is 2.81 bits per heavy atom. The number of aliphatic hydroxyl groups is 1. The predicted molar refractivity (Wildman–Crippen MR) is 59.9 cm³/mol. The predicted octanol–water partition coefficient (Wildman–Crippen LogP) is 2.00. The van der Waals surface area contributed by atoms with Crippen molar-refractivity contribution in [3.63, 3.8) is 0 Å². The third-order valence-electron chi connectivity index (χ3n) is 4.60. The molecule has 2 aliphatic carbocycles. The van der Waals surface area contributed by atoms with Gasteiger partial charge in [0.1, 0.15) is 0 Å². The molecular formula is C13H20O3. The molecule has 3 nitrogen and oxygen atoms in total. The van der Waals surface area contributed by atoms with Crippen LogP contribution in [0, 0.1) is 5.41 Å². The van der Waals surface area contributed by atoms with E-state index < -0.39 is 0 Å². The molecule has 1 spiro atoms. The van der Waals surface area contributed by atoms with Crippen molar-refractivity contribution in [3.8, 4) is 0 Å². The first-order valence-electron chi connectivity index (χ1n) is 6.30. The van der Waals surface area contributed by atoms with Crippen molar-refractivity contribution in [1.82, 2.24) is 0 Å². The zero-order valence-electron chi connectivity index (χ0n) is 9.87. The van der Waals surface area contributed by atoms with E-state index in [2.05, 4.69) is 13.0 Å². The van der Waals surface area contributed by atoms with Crippen LogP contribution >= 0.6 is 0 Å². The van der Waals surface area contributed by atoms with Crippen molar-refractivity contribution in [2.24, 2.45) is 5.41 Å². The Balaban J connectivity index is 1.87. The Morgan fingerprint density at radius 2 is 2.06 bits per heavy atom. The van der Waals surface area contributed by atoms with Crippen molar-refractivity contribution in [1.29, 1.82) is 0 Å². The molecule has 0 aromatic carbocycles. The molecule has 16 heavy (non-hydrogen) atoms. The quantitative estimate of drug-likeness (QED) is 0.640. The fourth-order valence-electron chi connectivity index (χ4n) is 3.35. The summed E-state index contributed by atoms with van der Waals surface area (Å²) in [5.41, 5.74) is 1.32. The van der Waals surface area contributed by atoms with Crippen LogP contribution in [-0.4, -0.2) is 30.2 Å². The minimum atomic E-state index is -0.359. The van der Waals surface area contributed by atoms with Gasteiger partial charge in [-0.3, -0.25) is 0 Å². The van der Waals surface area contributed by atoms with Gasteiger partial charge in [0.15, 0.2) is 5.79 Å². The molecule has 1 aliphatic heterocycles. The maximum atomic E-state index is 10.2. The van der Waals surface area contributed by atoms with Gasteiger partial charge in [-0.2, -0.15) is 0 Å². The number of ether oxygens (including phenoxy) is 2. The molecule has 3 aliphatic rings. The summed E-state index contributed by atoms with van der Waals surface area (Å²) < 4.78 is 11.5. The van der Waals surface area contributed by atoms with Crippen molar-refractivity contribution in [2.75, 3.05) is 13.2 Å². The molecule has 1 N–H and O–H groups in total. The maximum Gasteiger partial charge on any atom is 0.172 e. The van der Waals surface area contributed by atoms with E-state index in [1.165, 1.54) is 5.57 Å². The third-order valence-corrected chi connectivity index (χ3v) is 4.60. The molecule has 2 fully saturated rings. The van der Waals surface area contributed by atoms with E-state index in [1.807, 2.05) is 0 Å². The van der Waals surface area contributed by atoms with Crippen LogP contribution in [0.25, 0.3) is 0 Å². The van der Waals surface area contributed by atoms with E-state index in [-0.39, 0.29) is 17.3 Å². The van der Waals surface area contributed by atoms with Crippen molar-refractivity contribution in [2.45, 2.75) is 50.9 Å². The van der Waals surface area contributed by atoms with Gasteiger partial charge in [0.25, 0.3) is 0 Å². The van der Waals surface area contributed by atoms with Gasteiger partial charge in [-0.1, -0.05) is 18.6 Å². The summed E-state index contributed by atoms with van der Waals surface area (Å²) in [5, 5.41) is 10.2. The molecule has 1 heterocycles. The van der Waals surface area contributed by atoms with Crippen LogP contribution in [0.2, 0.25) is 0 Å². The standard InChI is InChI=1S/C13H20O3/c1-12-5-6-13(15-7-8-16-13)9-10(12)3-2-4-11(12)14/h3,11,14H,2,4-9H2,1H3/t11-,12?/m0/s1. The van der Waals surface area contributed by atoms with Crippen molar-refractivity contribution >= 4 is 0 Å².